The van der Waals surface area contributed by atoms with Crippen LogP contribution in [0.2, 0.25) is 0 Å². The number of likely N-dealkylation sites (tertiary alicyclic amines) is 1. The molecule has 0 bridgehead atoms. The van der Waals surface area contributed by atoms with Crippen LogP contribution in [0.1, 0.15) is 18.4 Å². The van der Waals surface area contributed by atoms with Gasteiger partial charge in [-0.3, -0.25) is 15.0 Å². The second-order valence-corrected chi connectivity index (χ2v) is 10.3. The predicted octanol–water partition coefficient (Wildman–Crippen LogP) is 2.15. The van der Waals surface area contributed by atoms with E-state index in [1.54, 1.807) is 6.08 Å². The summed E-state index contributed by atoms with van der Waals surface area (Å²) in [6, 6.07) is 17.1. The Bertz CT molecular complexity index is 1200. The van der Waals surface area contributed by atoms with Crippen LogP contribution in [-0.4, -0.2) is 78.5 Å². The van der Waals surface area contributed by atoms with Gasteiger partial charge in [0.15, 0.2) is 0 Å². The molecule has 2 fully saturated rings. The van der Waals surface area contributed by atoms with E-state index in [0.29, 0.717) is 13.1 Å². The van der Waals surface area contributed by atoms with E-state index in [9.17, 15) is 9.59 Å². The number of carbonyl (C=O) groups excluding carboxylic acids is 2. The summed E-state index contributed by atoms with van der Waals surface area (Å²) < 4.78 is 5.96. The lowest BCUT2D eigenvalue weighted by atomic mass is 9.86. The van der Waals surface area contributed by atoms with Gasteiger partial charge in [0.25, 0.3) is 5.91 Å². The topological polar surface area (TPSA) is 103 Å². The van der Waals surface area contributed by atoms with E-state index in [0.717, 1.165) is 42.0 Å². The third-order valence-electron chi connectivity index (χ3n) is 7.35. The number of benzene rings is 2. The first-order chi connectivity index (χ1) is 18.4. The number of amides is 2. The van der Waals surface area contributed by atoms with Gasteiger partial charge in [-0.2, -0.15) is 0 Å². The van der Waals surface area contributed by atoms with Crippen LogP contribution in [0, 0.1) is 5.92 Å². The molecule has 4 atom stereocenters. The van der Waals surface area contributed by atoms with Crippen LogP contribution >= 0.6 is 0 Å². The van der Waals surface area contributed by atoms with Gasteiger partial charge in [-0.15, -0.1) is 0 Å². The number of hydrogen-bond acceptors (Lipinski definition) is 7. The zero-order chi connectivity index (χ0) is 26.6. The molecule has 2 aromatic carbocycles. The van der Waals surface area contributed by atoms with Crippen molar-refractivity contribution in [1.29, 1.82) is 0 Å². The van der Waals surface area contributed by atoms with Crippen molar-refractivity contribution in [2.75, 3.05) is 33.7 Å². The minimum Gasteiger partial charge on any atom is -0.457 e. The van der Waals surface area contributed by atoms with Gasteiger partial charge in [0.2, 0.25) is 5.91 Å². The Morgan fingerprint density at radius 2 is 1.87 bits per heavy atom. The number of para-hydroxylation sites is 1. The molecule has 200 valence electrons. The normalized spacial score (nSPS) is 25.4. The third kappa shape index (κ3) is 5.60. The molecule has 0 aliphatic carbocycles. The molecule has 0 saturated carbocycles. The summed E-state index contributed by atoms with van der Waals surface area (Å²) in [6.45, 7) is 2.00. The Hall–Kier alpha value is -3.66. The van der Waals surface area contributed by atoms with Crippen LogP contribution in [0.15, 0.2) is 72.9 Å². The quantitative estimate of drug-likeness (QED) is 0.485. The van der Waals surface area contributed by atoms with Crippen molar-refractivity contribution >= 4 is 17.4 Å². The SMILES string of the molecule is CN(C)C/C=C/C(=O)N1CCC[C@@H](N2C=C(c3ccc(Oc4ccccc4)cc3)C3C(N)NNC(=O)C32)C1. The van der Waals surface area contributed by atoms with Crippen LogP contribution in [-0.2, 0) is 9.59 Å². The standard InChI is InChI=1S/C29H36N6O3/c1-33(2)16-7-11-25(36)34-17-6-8-21(18-34)35-19-24(26-27(35)29(37)32-31-28(26)30)20-12-14-23(15-13-20)38-22-9-4-3-5-10-22/h3-5,7,9-15,19,21,26-28,31H,6,8,16-18,30H2,1-2H3,(H,32,37)/b11-7+/t21-,26?,27?,28?/m1/s1. The molecule has 2 aromatic rings. The van der Waals surface area contributed by atoms with Crippen LogP contribution in [0.3, 0.4) is 0 Å². The van der Waals surface area contributed by atoms with Gasteiger partial charge in [0.1, 0.15) is 17.5 Å². The number of ether oxygens (including phenoxy) is 1. The number of hydrogen-bond donors (Lipinski definition) is 3. The Morgan fingerprint density at radius 3 is 2.61 bits per heavy atom. The van der Waals surface area contributed by atoms with Crippen molar-refractivity contribution in [2.24, 2.45) is 11.7 Å². The molecule has 3 aliphatic heterocycles. The van der Waals surface area contributed by atoms with Crippen molar-refractivity contribution in [3.63, 3.8) is 0 Å². The van der Waals surface area contributed by atoms with Gasteiger partial charge < -0.3 is 25.2 Å². The molecule has 0 aromatic heterocycles. The Kier molecular flexibility index (Phi) is 7.78. The first-order valence-corrected chi connectivity index (χ1v) is 13.1. The van der Waals surface area contributed by atoms with Crippen LogP contribution in [0.4, 0.5) is 0 Å². The number of rotatable bonds is 7. The minimum atomic E-state index is -0.440. The van der Waals surface area contributed by atoms with E-state index in [4.69, 9.17) is 10.5 Å². The summed E-state index contributed by atoms with van der Waals surface area (Å²) in [5.41, 5.74) is 14.2. The molecular weight excluding hydrogens is 480 g/mol. The fourth-order valence-electron chi connectivity index (χ4n) is 5.50. The Balaban J connectivity index is 1.37. The zero-order valence-electron chi connectivity index (χ0n) is 21.9. The Morgan fingerprint density at radius 1 is 1.13 bits per heavy atom. The lowest BCUT2D eigenvalue weighted by Crippen LogP contribution is -2.67. The van der Waals surface area contributed by atoms with E-state index in [-0.39, 0.29) is 23.8 Å². The number of nitrogens with one attached hydrogen (secondary N) is 2. The lowest BCUT2D eigenvalue weighted by molar-refractivity contribution is -0.132. The number of nitrogens with two attached hydrogens (primary N) is 1. The molecule has 0 spiro atoms. The summed E-state index contributed by atoms with van der Waals surface area (Å²) in [5.74, 6) is 1.18. The van der Waals surface area contributed by atoms with E-state index in [1.807, 2.05) is 84.6 Å². The number of nitrogens with zero attached hydrogens (tertiary/aromatic N) is 3. The lowest BCUT2D eigenvalue weighted by Gasteiger charge is -2.43. The van der Waals surface area contributed by atoms with Gasteiger partial charge in [0.05, 0.1) is 6.17 Å². The molecule has 4 N–H and O–H groups in total. The molecule has 9 heteroatoms. The van der Waals surface area contributed by atoms with Crippen LogP contribution in [0.25, 0.3) is 5.57 Å². The van der Waals surface area contributed by atoms with Crippen molar-refractivity contribution in [1.82, 2.24) is 25.6 Å². The molecule has 0 radical (unpaired) electrons. The summed E-state index contributed by atoms with van der Waals surface area (Å²) in [7, 11) is 3.94. The predicted molar refractivity (Wildman–Crippen MR) is 147 cm³/mol. The van der Waals surface area contributed by atoms with Crippen molar-refractivity contribution in [2.45, 2.75) is 31.1 Å². The van der Waals surface area contributed by atoms with Gasteiger partial charge in [-0.25, -0.2) is 5.43 Å². The first kappa shape index (κ1) is 26.0. The van der Waals surface area contributed by atoms with Crippen molar-refractivity contribution in [3.8, 4) is 11.5 Å². The summed E-state index contributed by atoms with van der Waals surface area (Å²) >= 11 is 0. The van der Waals surface area contributed by atoms with Gasteiger partial charge in [-0.05, 0) is 62.3 Å². The molecule has 3 heterocycles. The molecular formula is C29H36N6O3. The summed E-state index contributed by atoms with van der Waals surface area (Å²) in [5, 5.41) is 0. The van der Waals surface area contributed by atoms with Gasteiger partial charge in [-0.1, -0.05) is 36.4 Å². The maximum Gasteiger partial charge on any atom is 0.257 e. The minimum absolute atomic E-state index is 0.0111. The number of hydrazine groups is 1. The maximum absolute atomic E-state index is 13.1. The summed E-state index contributed by atoms with van der Waals surface area (Å²) in [6.07, 6.45) is 6.97. The number of piperidine rings is 1. The average molecular weight is 517 g/mol. The fourth-order valence-corrected chi connectivity index (χ4v) is 5.50. The smallest absolute Gasteiger partial charge is 0.257 e. The highest BCUT2D eigenvalue weighted by atomic mass is 16.5. The van der Waals surface area contributed by atoms with E-state index in [1.165, 1.54) is 0 Å². The highest BCUT2D eigenvalue weighted by molar-refractivity contribution is 5.89. The molecule has 38 heavy (non-hydrogen) atoms. The van der Waals surface area contributed by atoms with Gasteiger partial charge in [0, 0.05) is 43.9 Å². The van der Waals surface area contributed by atoms with Crippen molar-refractivity contribution in [3.05, 3.63) is 78.5 Å². The molecule has 3 aliphatic rings. The molecule has 2 amide bonds. The Labute approximate surface area is 223 Å². The number of carbonyl (C=O) groups is 2. The van der Waals surface area contributed by atoms with E-state index >= 15 is 0 Å². The fraction of sp³-hybridized carbons (Fsp3) is 0.379. The molecule has 3 unspecified atom stereocenters. The largest absolute Gasteiger partial charge is 0.457 e. The second-order valence-electron chi connectivity index (χ2n) is 10.3. The number of fused-ring (bicyclic) bond motifs is 1. The molecule has 2 saturated heterocycles. The van der Waals surface area contributed by atoms with Gasteiger partial charge >= 0.3 is 0 Å². The highest BCUT2D eigenvalue weighted by Crippen LogP contribution is 2.41. The third-order valence-corrected chi connectivity index (χ3v) is 7.35. The number of likely N-dealkylation sites (N-methyl/N-ethyl adjacent to an activating group) is 1. The van der Waals surface area contributed by atoms with Crippen LogP contribution < -0.4 is 21.3 Å². The van der Waals surface area contributed by atoms with E-state index in [2.05, 4.69) is 22.0 Å². The van der Waals surface area contributed by atoms with Crippen LogP contribution in [0.5, 0.6) is 11.5 Å². The monoisotopic (exact) mass is 516 g/mol. The average Bonchev–Trinajstić information content (AvgIpc) is 3.34. The first-order valence-electron chi connectivity index (χ1n) is 13.1. The maximum atomic E-state index is 13.1. The molecule has 9 nitrogen and oxygen atoms in total. The summed E-state index contributed by atoms with van der Waals surface area (Å²) in [4.78, 5) is 32.0. The second kappa shape index (κ2) is 11.4. The molecule has 5 rings (SSSR count). The zero-order valence-corrected chi connectivity index (χ0v) is 21.9. The van der Waals surface area contributed by atoms with E-state index < -0.39 is 12.2 Å². The van der Waals surface area contributed by atoms with Crippen molar-refractivity contribution < 1.29 is 14.3 Å². The highest BCUT2D eigenvalue weighted by Gasteiger charge is 2.49.